The largest absolute Gasteiger partial charge is 0.338 e. The Morgan fingerprint density at radius 1 is 1.19 bits per heavy atom. The van der Waals surface area contributed by atoms with E-state index in [0.29, 0.717) is 31.0 Å². The van der Waals surface area contributed by atoms with E-state index in [-0.39, 0.29) is 17.8 Å². The van der Waals surface area contributed by atoms with Crippen LogP contribution in [0.25, 0.3) is 0 Å². The number of piperidine rings is 1. The molecule has 0 bridgehead atoms. The number of hydrazine groups is 1. The van der Waals surface area contributed by atoms with Crippen LogP contribution in [0.1, 0.15) is 37.7 Å². The van der Waals surface area contributed by atoms with Gasteiger partial charge in [0.05, 0.1) is 0 Å². The van der Waals surface area contributed by atoms with Crippen molar-refractivity contribution in [2.24, 2.45) is 5.92 Å². The molecule has 3 fully saturated rings. The van der Waals surface area contributed by atoms with Gasteiger partial charge in [-0.25, -0.2) is 9.82 Å². The predicted molar refractivity (Wildman–Crippen MR) is 98.9 cm³/mol. The Bertz CT molecular complexity index is 634. The van der Waals surface area contributed by atoms with Crippen LogP contribution in [0.5, 0.6) is 0 Å². The molecule has 1 aromatic carbocycles. The summed E-state index contributed by atoms with van der Waals surface area (Å²) >= 11 is 0. The third-order valence-electron chi connectivity index (χ3n) is 6.23. The average Bonchev–Trinajstić information content (AvgIpc) is 3.32. The first-order valence-corrected chi connectivity index (χ1v) is 9.99. The number of amides is 1. The van der Waals surface area contributed by atoms with Crippen LogP contribution in [0.3, 0.4) is 0 Å². The molecule has 2 aliphatic heterocycles. The summed E-state index contributed by atoms with van der Waals surface area (Å²) < 4.78 is 13.5. The molecule has 1 saturated carbocycles. The molecule has 4 rings (SSSR count). The Hall–Kier alpha value is -1.50. The van der Waals surface area contributed by atoms with Crippen LogP contribution >= 0.6 is 0 Å². The number of fused-ring (bicyclic) bond motifs is 1. The van der Waals surface area contributed by atoms with Crippen LogP contribution in [-0.2, 0) is 11.2 Å². The van der Waals surface area contributed by atoms with Crippen LogP contribution < -0.4 is 16.2 Å². The Morgan fingerprint density at radius 2 is 2.04 bits per heavy atom. The summed E-state index contributed by atoms with van der Waals surface area (Å²) in [5.41, 5.74) is 7.55. The zero-order valence-corrected chi connectivity index (χ0v) is 15.2. The summed E-state index contributed by atoms with van der Waals surface area (Å²) in [5.74, 6) is 0.297. The lowest BCUT2D eigenvalue weighted by atomic mass is 9.88. The minimum Gasteiger partial charge on any atom is -0.338 e. The van der Waals surface area contributed by atoms with Crippen molar-refractivity contribution in [2.75, 3.05) is 19.6 Å². The highest BCUT2D eigenvalue weighted by atomic mass is 19.1. The molecule has 0 aromatic heterocycles. The van der Waals surface area contributed by atoms with Crippen LogP contribution in [-0.4, -0.2) is 48.6 Å². The molecule has 3 atom stereocenters. The van der Waals surface area contributed by atoms with E-state index >= 15 is 0 Å². The smallest absolute Gasteiger partial charge is 0.241 e. The number of benzene rings is 1. The molecule has 26 heavy (non-hydrogen) atoms. The van der Waals surface area contributed by atoms with Gasteiger partial charge in [-0.05, 0) is 49.9 Å². The number of carbonyl (C=O) groups excluding carboxylic acids is 1. The summed E-state index contributed by atoms with van der Waals surface area (Å²) in [4.78, 5) is 15.5. The summed E-state index contributed by atoms with van der Waals surface area (Å²) in [6, 6.07) is 7.26. The van der Waals surface area contributed by atoms with E-state index in [4.69, 9.17) is 0 Å². The summed E-state index contributed by atoms with van der Waals surface area (Å²) in [7, 11) is 0. The van der Waals surface area contributed by atoms with Crippen molar-refractivity contribution in [1.29, 1.82) is 0 Å². The number of carbonyl (C=O) groups is 1. The lowest BCUT2D eigenvalue weighted by Crippen LogP contribution is -2.53. The zero-order chi connectivity index (χ0) is 17.9. The predicted octanol–water partition coefficient (Wildman–Crippen LogP) is 1.59. The monoisotopic (exact) mass is 360 g/mol. The third kappa shape index (κ3) is 3.77. The second-order valence-electron chi connectivity index (χ2n) is 7.88. The molecule has 6 heteroatoms. The minimum atomic E-state index is -0.209. The minimum absolute atomic E-state index is 0.166. The van der Waals surface area contributed by atoms with Crippen LogP contribution in [0, 0.1) is 11.7 Å². The highest BCUT2D eigenvalue weighted by Gasteiger charge is 2.43. The van der Waals surface area contributed by atoms with Crippen molar-refractivity contribution in [1.82, 2.24) is 21.1 Å². The zero-order valence-electron chi connectivity index (χ0n) is 15.2. The van der Waals surface area contributed by atoms with E-state index in [1.807, 2.05) is 6.07 Å². The topological polar surface area (TPSA) is 56.4 Å². The van der Waals surface area contributed by atoms with Crippen molar-refractivity contribution in [2.45, 2.75) is 56.7 Å². The first kappa shape index (κ1) is 17.9. The van der Waals surface area contributed by atoms with Gasteiger partial charge in [-0.3, -0.25) is 10.2 Å². The van der Waals surface area contributed by atoms with E-state index in [2.05, 4.69) is 21.1 Å². The standard InChI is InChI=1S/C20H29FN4O/c21-15-5-3-4-14(12-15)9-11-25(16-6-1-2-7-16)20(26)19-17-13-22-10-8-18(17)23-24-19/h3-5,12,16-19,22-24H,1-2,6-11,13H2. The molecule has 0 spiro atoms. The highest BCUT2D eigenvalue weighted by molar-refractivity contribution is 5.83. The van der Waals surface area contributed by atoms with E-state index in [1.165, 1.54) is 18.9 Å². The summed E-state index contributed by atoms with van der Waals surface area (Å²) in [6.07, 6.45) is 6.31. The molecular formula is C20H29FN4O. The molecule has 0 radical (unpaired) electrons. The molecule has 2 heterocycles. The molecule has 3 aliphatic rings. The van der Waals surface area contributed by atoms with Crippen LogP contribution in [0.15, 0.2) is 24.3 Å². The van der Waals surface area contributed by atoms with Gasteiger partial charge in [-0.1, -0.05) is 25.0 Å². The molecular weight excluding hydrogens is 331 g/mol. The number of hydrogen-bond donors (Lipinski definition) is 3. The van der Waals surface area contributed by atoms with Crippen LogP contribution in [0.4, 0.5) is 4.39 Å². The third-order valence-corrected chi connectivity index (χ3v) is 6.23. The number of rotatable bonds is 5. The second-order valence-corrected chi connectivity index (χ2v) is 7.88. The van der Waals surface area contributed by atoms with Crippen molar-refractivity contribution >= 4 is 5.91 Å². The number of nitrogens with one attached hydrogen (secondary N) is 3. The van der Waals surface area contributed by atoms with E-state index in [9.17, 15) is 9.18 Å². The number of hydrogen-bond acceptors (Lipinski definition) is 4. The van der Waals surface area contributed by atoms with E-state index in [0.717, 1.165) is 37.9 Å². The quantitative estimate of drug-likeness (QED) is 0.747. The molecule has 142 valence electrons. The van der Waals surface area contributed by atoms with Crippen molar-refractivity contribution in [3.8, 4) is 0 Å². The van der Waals surface area contributed by atoms with Gasteiger partial charge in [-0.2, -0.15) is 0 Å². The lowest BCUT2D eigenvalue weighted by Gasteiger charge is -2.34. The summed E-state index contributed by atoms with van der Waals surface area (Å²) in [5, 5.41) is 3.42. The fraction of sp³-hybridized carbons (Fsp3) is 0.650. The van der Waals surface area contributed by atoms with Crippen molar-refractivity contribution in [3.63, 3.8) is 0 Å². The van der Waals surface area contributed by atoms with Gasteiger partial charge in [0.25, 0.3) is 0 Å². The molecule has 3 N–H and O–H groups in total. The van der Waals surface area contributed by atoms with Gasteiger partial charge >= 0.3 is 0 Å². The van der Waals surface area contributed by atoms with Gasteiger partial charge in [0.1, 0.15) is 11.9 Å². The Balaban J connectivity index is 1.46. The van der Waals surface area contributed by atoms with E-state index < -0.39 is 0 Å². The second kappa shape index (κ2) is 8.03. The van der Waals surface area contributed by atoms with Gasteiger partial charge in [0.15, 0.2) is 0 Å². The van der Waals surface area contributed by atoms with Crippen molar-refractivity contribution < 1.29 is 9.18 Å². The Kier molecular flexibility index (Phi) is 5.52. The SMILES string of the molecule is O=C(C1NNC2CCNCC21)N(CCc1cccc(F)c1)C1CCCC1. The van der Waals surface area contributed by atoms with E-state index in [1.54, 1.807) is 12.1 Å². The maximum atomic E-state index is 13.5. The number of halogens is 1. The van der Waals surface area contributed by atoms with Gasteiger partial charge in [0.2, 0.25) is 5.91 Å². The molecule has 2 saturated heterocycles. The van der Waals surface area contributed by atoms with Gasteiger partial charge < -0.3 is 10.2 Å². The first-order chi connectivity index (χ1) is 12.7. The fourth-order valence-electron chi connectivity index (χ4n) is 4.77. The highest BCUT2D eigenvalue weighted by Crippen LogP contribution is 2.27. The van der Waals surface area contributed by atoms with Gasteiger partial charge in [-0.15, -0.1) is 0 Å². The lowest BCUT2D eigenvalue weighted by molar-refractivity contribution is -0.136. The summed E-state index contributed by atoms with van der Waals surface area (Å²) in [6.45, 7) is 2.54. The molecule has 3 unspecified atom stereocenters. The van der Waals surface area contributed by atoms with Crippen LogP contribution in [0.2, 0.25) is 0 Å². The maximum absolute atomic E-state index is 13.5. The number of nitrogens with zero attached hydrogens (tertiary/aromatic N) is 1. The molecule has 1 amide bonds. The maximum Gasteiger partial charge on any atom is 0.241 e. The normalized spacial score (nSPS) is 28.9. The fourth-order valence-corrected chi connectivity index (χ4v) is 4.77. The molecule has 1 aliphatic carbocycles. The molecule has 1 aromatic rings. The van der Waals surface area contributed by atoms with Crippen molar-refractivity contribution in [3.05, 3.63) is 35.6 Å². The Labute approximate surface area is 154 Å². The Morgan fingerprint density at radius 3 is 2.85 bits per heavy atom. The molecule has 5 nitrogen and oxygen atoms in total. The average molecular weight is 360 g/mol. The first-order valence-electron chi connectivity index (χ1n) is 9.99. The van der Waals surface area contributed by atoms with Gasteiger partial charge in [0, 0.05) is 31.1 Å².